The number of halogens is 2. The van der Waals surface area contributed by atoms with E-state index in [2.05, 4.69) is 20.6 Å². The molecule has 7 nitrogen and oxygen atoms in total. The van der Waals surface area contributed by atoms with Gasteiger partial charge < -0.3 is 10.6 Å². The molecule has 0 aliphatic rings. The molecule has 138 valence electrons. The lowest BCUT2D eigenvalue weighted by molar-refractivity contribution is -0.383. The number of nitro groups is 1. The van der Waals surface area contributed by atoms with Crippen LogP contribution in [0.2, 0.25) is 10.0 Å². The molecule has 0 aliphatic carbocycles. The second-order valence-electron chi connectivity index (χ2n) is 5.57. The minimum absolute atomic E-state index is 0.0462. The van der Waals surface area contributed by atoms with E-state index < -0.39 is 4.92 Å². The van der Waals surface area contributed by atoms with Gasteiger partial charge in [0.1, 0.15) is 6.33 Å². The van der Waals surface area contributed by atoms with Crippen LogP contribution >= 0.6 is 23.2 Å². The van der Waals surface area contributed by atoms with Crippen LogP contribution < -0.4 is 10.6 Å². The Hall–Kier alpha value is -2.90. The van der Waals surface area contributed by atoms with E-state index in [4.69, 9.17) is 23.2 Å². The summed E-state index contributed by atoms with van der Waals surface area (Å²) in [5.41, 5.74) is 2.02. The van der Waals surface area contributed by atoms with Gasteiger partial charge in [-0.2, -0.15) is 0 Å². The Morgan fingerprint density at radius 1 is 1.04 bits per heavy atom. The van der Waals surface area contributed by atoms with Crippen LogP contribution in [0.4, 0.5) is 28.7 Å². The number of benzene rings is 2. The minimum Gasteiger partial charge on any atom is -0.334 e. The Morgan fingerprint density at radius 2 is 1.74 bits per heavy atom. The largest absolute Gasteiger partial charge is 0.353 e. The first kappa shape index (κ1) is 18.9. The van der Waals surface area contributed by atoms with E-state index in [-0.39, 0.29) is 17.3 Å². The van der Waals surface area contributed by atoms with Crippen molar-refractivity contribution in [2.75, 3.05) is 10.6 Å². The number of para-hydroxylation sites is 1. The average Bonchev–Trinajstić information content (AvgIpc) is 2.65. The summed E-state index contributed by atoms with van der Waals surface area (Å²) in [5.74, 6) is 0.142. The third-order valence-electron chi connectivity index (χ3n) is 3.84. The molecule has 0 saturated heterocycles. The first-order valence-electron chi connectivity index (χ1n) is 8.06. The molecule has 0 bridgehead atoms. The number of hydrogen-bond acceptors (Lipinski definition) is 6. The van der Waals surface area contributed by atoms with Gasteiger partial charge in [0.2, 0.25) is 11.6 Å². The molecule has 0 spiro atoms. The van der Waals surface area contributed by atoms with E-state index in [0.717, 1.165) is 17.7 Å². The van der Waals surface area contributed by atoms with E-state index in [1.165, 1.54) is 6.33 Å². The smallest absolute Gasteiger partial charge is 0.334 e. The highest BCUT2D eigenvalue weighted by Gasteiger charge is 2.24. The van der Waals surface area contributed by atoms with Crippen molar-refractivity contribution >= 4 is 51.9 Å². The summed E-state index contributed by atoms with van der Waals surface area (Å²) in [6, 6.07) is 12.4. The van der Waals surface area contributed by atoms with E-state index in [1.807, 2.05) is 31.2 Å². The summed E-state index contributed by atoms with van der Waals surface area (Å²) >= 11 is 11.9. The van der Waals surface area contributed by atoms with Crippen molar-refractivity contribution in [1.29, 1.82) is 0 Å². The average molecular weight is 404 g/mol. The highest BCUT2D eigenvalue weighted by atomic mass is 35.5. The van der Waals surface area contributed by atoms with Crippen molar-refractivity contribution in [3.63, 3.8) is 0 Å². The second-order valence-corrected chi connectivity index (χ2v) is 6.38. The molecule has 0 saturated carbocycles. The standard InChI is InChI=1S/C18H15Cl2N5O2/c1-2-11-5-3-4-6-15(11)24-18-16(25(26)27)17(21-10-22-18)23-12-7-8-13(19)14(20)9-12/h3-10H,2H2,1H3,(H2,21,22,23,24). The first-order chi connectivity index (χ1) is 13.0. The fraction of sp³-hybridized carbons (Fsp3) is 0.111. The summed E-state index contributed by atoms with van der Waals surface area (Å²) in [6.07, 6.45) is 2.03. The molecule has 0 fully saturated rings. The number of nitrogens with zero attached hydrogens (tertiary/aromatic N) is 3. The maximum atomic E-state index is 11.7. The van der Waals surface area contributed by atoms with Crippen LogP contribution in [0, 0.1) is 10.1 Å². The van der Waals surface area contributed by atoms with Crippen molar-refractivity contribution in [3.8, 4) is 0 Å². The molecule has 0 amide bonds. The number of hydrogen-bond donors (Lipinski definition) is 2. The third kappa shape index (κ3) is 4.27. The van der Waals surface area contributed by atoms with Crippen LogP contribution in [0.15, 0.2) is 48.8 Å². The molecule has 2 aromatic carbocycles. The number of aromatic nitrogens is 2. The monoisotopic (exact) mass is 403 g/mol. The predicted molar refractivity (Wildman–Crippen MR) is 108 cm³/mol. The van der Waals surface area contributed by atoms with E-state index in [0.29, 0.717) is 15.7 Å². The molecular weight excluding hydrogens is 389 g/mol. The maximum absolute atomic E-state index is 11.7. The van der Waals surface area contributed by atoms with Gasteiger partial charge in [-0.3, -0.25) is 10.1 Å². The van der Waals surface area contributed by atoms with Gasteiger partial charge in [0.25, 0.3) is 0 Å². The van der Waals surface area contributed by atoms with Gasteiger partial charge in [0.05, 0.1) is 15.0 Å². The lowest BCUT2D eigenvalue weighted by Gasteiger charge is -2.12. The van der Waals surface area contributed by atoms with Gasteiger partial charge in [-0.05, 0) is 36.2 Å². The lowest BCUT2D eigenvalue weighted by atomic mass is 10.1. The predicted octanol–water partition coefficient (Wildman–Crippen LogP) is 5.74. The molecule has 2 N–H and O–H groups in total. The summed E-state index contributed by atoms with van der Waals surface area (Å²) < 4.78 is 0. The van der Waals surface area contributed by atoms with Gasteiger partial charge in [0.15, 0.2) is 0 Å². The van der Waals surface area contributed by atoms with Crippen LogP contribution in [-0.4, -0.2) is 14.9 Å². The summed E-state index contributed by atoms with van der Waals surface area (Å²) in [5, 5.41) is 18.4. The summed E-state index contributed by atoms with van der Waals surface area (Å²) in [4.78, 5) is 19.2. The molecule has 1 heterocycles. The number of nitrogens with one attached hydrogen (secondary N) is 2. The van der Waals surface area contributed by atoms with Gasteiger partial charge in [0, 0.05) is 11.4 Å². The Morgan fingerprint density at radius 3 is 2.41 bits per heavy atom. The van der Waals surface area contributed by atoms with Crippen molar-refractivity contribution in [1.82, 2.24) is 9.97 Å². The Kier molecular flexibility index (Phi) is 5.73. The van der Waals surface area contributed by atoms with Crippen molar-refractivity contribution in [3.05, 3.63) is 74.5 Å². The molecule has 1 aromatic heterocycles. The van der Waals surface area contributed by atoms with Crippen LogP contribution in [0.1, 0.15) is 12.5 Å². The maximum Gasteiger partial charge on any atom is 0.353 e. The third-order valence-corrected chi connectivity index (χ3v) is 4.58. The van der Waals surface area contributed by atoms with E-state index >= 15 is 0 Å². The van der Waals surface area contributed by atoms with Crippen molar-refractivity contribution < 1.29 is 4.92 Å². The molecular formula is C18H15Cl2N5O2. The van der Waals surface area contributed by atoms with Gasteiger partial charge in [-0.15, -0.1) is 0 Å². The van der Waals surface area contributed by atoms with Crippen LogP contribution in [-0.2, 0) is 6.42 Å². The van der Waals surface area contributed by atoms with Gasteiger partial charge in [-0.25, -0.2) is 9.97 Å². The van der Waals surface area contributed by atoms with Crippen LogP contribution in [0.3, 0.4) is 0 Å². The zero-order chi connectivity index (χ0) is 19.4. The van der Waals surface area contributed by atoms with Crippen molar-refractivity contribution in [2.24, 2.45) is 0 Å². The SMILES string of the molecule is CCc1ccccc1Nc1ncnc(Nc2ccc(Cl)c(Cl)c2)c1[N+](=O)[O-]. The molecule has 3 aromatic rings. The Labute approximate surface area is 165 Å². The lowest BCUT2D eigenvalue weighted by Crippen LogP contribution is -2.06. The number of aryl methyl sites for hydroxylation is 1. The number of rotatable bonds is 6. The quantitative estimate of drug-likeness (QED) is 0.402. The molecule has 0 unspecified atom stereocenters. The Bertz CT molecular complexity index is 997. The number of anilines is 4. The first-order valence-corrected chi connectivity index (χ1v) is 8.81. The summed E-state index contributed by atoms with van der Waals surface area (Å²) in [7, 11) is 0. The molecule has 0 atom stereocenters. The Balaban J connectivity index is 1.99. The fourth-order valence-electron chi connectivity index (χ4n) is 2.52. The molecule has 27 heavy (non-hydrogen) atoms. The van der Waals surface area contributed by atoms with Gasteiger partial charge >= 0.3 is 5.69 Å². The van der Waals surface area contributed by atoms with E-state index in [9.17, 15) is 10.1 Å². The van der Waals surface area contributed by atoms with E-state index in [1.54, 1.807) is 18.2 Å². The molecule has 3 rings (SSSR count). The van der Waals surface area contributed by atoms with Crippen molar-refractivity contribution in [2.45, 2.75) is 13.3 Å². The molecule has 0 radical (unpaired) electrons. The zero-order valence-corrected chi connectivity index (χ0v) is 15.8. The summed E-state index contributed by atoms with van der Waals surface area (Å²) in [6.45, 7) is 2.01. The second kappa shape index (κ2) is 8.20. The minimum atomic E-state index is -0.531. The highest BCUT2D eigenvalue weighted by Crippen LogP contribution is 2.35. The molecule has 0 aliphatic heterocycles. The normalized spacial score (nSPS) is 10.5. The zero-order valence-electron chi connectivity index (χ0n) is 14.2. The topological polar surface area (TPSA) is 93.0 Å². The van der Waals surface area contributed by atoms with Crippen LogP contribution in [0.5, 0.6) is 0 Å². The van der Waals surface area contributed by atoms with Gasteiger partial charge in [-0.1, -0.05) is 48.3 Å². The highest BCUT2D eigenvalue weighted by molar-refractivity contribution is 6.42. The molecule has 9 heteroatoms. The fourth-order valence-corrected chi connectivity index (χ4v) is 2.82. The van der Waals surface area contributed by atoms with Crippen LogP contribution in [0.25, 0.3) is 0 Å².